The minimum absolute atomic E-state index is 0.0355. The molecule has 0 amide bonds. The van der Waals surface area contributed by atoms with Gasteiger partial charge in [-0.2, -0.15) is 5.26 Å². The van der Waals surface area contributed by atoms with Crippen LogP contribution < -0.4 is 16.4 Å². The highest BCUT2D eigenvalue weighted by molar-refractivity contribution is 6.00. The van der Waals surface area contributed by atoms with Crippen LogP contribution in [0.2, 0.25) is 0 Å². The number of rotatable bonds is 5. The Morgan fingerprint density at radius 1 is 1.06 bits per heavy atom. The molecule has 0 aliphatic carbocycles. The van der Waals surface area contributed by atoms with Crippen molar-refractivity contribution in [2.24, 2.45) is 7.05 Å². The molecule has 3 heterocycles. The van der Waals surface area contributed by atoms with E-state index in [1.54, 1.807) is 42.9 Å². The third kappa shape index (κ3) is 3.42. The van der Waals surface area contributed by atoms with Crippen LogP contribution in [-0.4, -0.2) is 29.7 Å². The summed E-state index contributed by atoms with van der Waals surface area (Å²) in [6.07, 6.45) is 0. The summed E-state index contributed by atoms with van der Waals surface area (Å²) < 4.78 is 4.57. The normalized spacial score (nSPS) is 10.9. The largest absolute Gasteiger partial charge is 0.332 e. The Kier molecular flexibility index (Phi) is 5.37. The summed E-state index contributed by atoms with van der Waals surface area (Å²) in [5, 5.41) is 17.5. The first kappa shape index (κ1) is 22.6. The Hall–Kier alpha value is -5.17. The number of Topliss-reactive ketones (excluding diaryl/α,β-unsaturated/α-hetero) is 1. The number of nitriles is 1. The number of H-pyrrole nitrogens is 1. The average molecular weight is 480 g/mol. The Balaban J connectivity index is 1.76. The number of fused-ring (bicyclic) bond motifs is 1. The fraction of sp³-hybridized carbons (Fsp3) is 0.115. The van der Waals surface area contributed by atoms with Gasteiger partial charge < -0.3 is 10.3 Å². The van der Waals surface area contributed by atoms with Crippen molar-refractivity contribution in [2.75, 3.05) is 5.32 Å². The van der Waals surface area contributed by atoms with Crippen molar-refractivity contribution < 1.29 is 4.79 Å². The van der Waals surface area contributed by atoms with E-state index in [-0.39, 0.29) is 39.5 Å². The van der Waals surface area contributed by atoms with E-state index in [2.05, 4.69) is 21.5 Å². The molecular weight excluding hydrogens is 458 g/mol. The summed E-state index contributed by atoms with van der Waals surface area (Å²) in [5.74, 6) is -0.359. The van der Waals surface area contributed by atoms with Gasteiger partial charge in [0.15, 0.2) is 17.2 Å². The summed E-state index contributed by atoms with van der Waals surface area (Å²) in [5.41, 5.74) is 1.50. The molecule has 0 atom stereocenters. The molecule has 0 radical (unpaired) electrons. The van der Waals surface area contributed by atoms with E-state index in [1.807, 2.05) is 36.4 Å². The topological polar surface area (TPSA) is 130 Å². The number of nitrogens with one attached hydrogen (secondary N) is 2. The molecule has 10 nitrogen and oxygen atoms in total. The van der Waals surface area contributed by atoms with Gasteiger partial charge in [-0.15, -0.1) is 5.10 Å². The zero-order chi connectivity index (χ0) is 25.6. The maximum Gasteiger partial charge on any atom is 0.295 e. The molecule has 36 heavy (non-hydrogen) atoms. The number of benzene rings is 2. The second-order valence-corrected chi connectivity index (χ2v) is 8.26. The number of carbonyl (C=O) groups excluding carboxylic acids is 1. The molecule has 10 heteroatoms. The van der Waals surface area contributed by atoms with E-state index in [9.17, 15) is 19.6 Å². The number of aromatic nitrogens is 5. The smallest absolute Gasteiger partial charge is 0.295 e. The van der Waals surface area contributed by atoms with E-state index in [1.165, 1.54) is 16.1 Å². The van der Waals surface area contributed by atoms with Crippen molar-refractivity contribution in [1.29, 1.82) is 5.26 Å². The zero-order valence-corrected chi connectivity index (χ0v) is 19.7. The molecule has 5 aromatic rings. The lowest BCUT2D eigenvalue weighted by molar-refractivity contribution is 0.101. The second-order valence-electron chi connectivity index (χ2n) is 8.26. The van der Waals surface area contributed by atoms with Gasteiger partial charge in [-0.3, -0.25) is 19.1 Å². The highest BCUT2D eigenvalue weighted by Crippen LogP contribution is 2.28. The van der Waals surface area contributed by atoms with E-state index >= 15 is 0 Å². The van der Waals surface area contributed by atoms with Crippen LogP contribution in [0.4, 0.5) is 11.5 Å². The summed E-state index contributed by atoms with van der Waals surface area (Å²) in [4.78, 5) is 41.3. The maximum atomic E-state index is 13.4. The number of nitrogens with zero attached hydrogens (tertiary/aromatic N) is 5. The van der Waals surface area contributed by atoms with E-state index in [0.717, 1.165) is 0 Å². The average Bonchev–Trinajstić information content (AvgIpc) is 3.32. The lowest BCUT2D eigenvalue weighted by atomic mass is 10.0. The van der Waals surface area contributed by atoms with Crippen molar-refractivity contribution in [3.05, 3.63) is 98.2 Å². The number of para-hydroxylation sites is 1. The standard InChI is InChI=1S/C26H21N7O3/c1-15-21(26(36)33(31(15)3)18-12-8-5-9-13-18)28-23-19(14-27)24-29-25(35)20(16(2)34)22(32(24)30-23)17-10-6-4-7-11-17/h4-13H,1-3H3,(H,28,30)(H,29,35). The molecule has 5 rings (SSSR count). The van der Waals surface area contributed by atoms with Crippen LogP contribution in [0.1, 0.15) is 28.5 Å². The van der Waals surface area contributed by atoms with Crippen molar-refractivity contribution in [3.8, 4) is 23.0 Å². The number of ketones is 1. The van der Waals surface area contributed by atoms with Crippen molar-refractivity contribution in [1.82, 2.24) is 24.0 Å². The maximum absolute atomic E-state index is 13.4. The molecule has 0 aliphatic heterocycles. The first-order valence-electron chi connectivity index (χ1n) is 11.1. The molecule has 0 aliphatic rings. The molecular formula is C26H21N7O3. The third-order valence-corrected chi connectivity index (χ3v) is 6.10. The van der Waals surface area contributed by atoms with Crippen molar-refractivity contribution in [2.45, 2.75) is 13.8 Å². The zero-order valence-electron chi connectivity index (χ0n) is 19.7. The van der Waals surface area contributed by atoms with Gasteiger partial charge in [0.25, 0.3) is 11.1 Å². The molecule has 0 spiro atoms. The monoisotopic (exact) mass is 479 g/mol. The van der Waals surface area contributed by atoms with Crippen LogP contribution in [0.15, 0.2) is 70.3 Å². The number of aromatic amines is 1. The molecule has 178 valence electrons. The van der Waals surface area contributed by atoms with Crippen molar-refractivity contribution in [3.63, 3.8) is 0 Å². The molecule has 0 bridgehead atoms. The summed E-state index contributed by atoms with van der Waals surface area (Å²) in [6, 6.07) is 20.1. The van der Waals surface area contributed by atoms with Crippen LogP contribution in [0.5, 0.6) is 0 Å². The number of hydrogen-bond donors (Lipinski definition) is 2. The highest BCUT2D eigenvalue weighted by atomic mass is 16.1. The Bertz CT molecular complexity index is 1800. The molecule has 2 aromatic carbocycles. The number of hydrogen-bond acceptors (Lipinski definition) is 6. The molecule has 3 aromatic heterocycles. The van der Waals surface area contributed by atoms with Gasteiger partial charge in [-0.05, 0) is 26.0 Å². The Morgan fingerprint density at radius 3 is 2.31 bits per heavy atom. The Labute approximate surface area is 204 Å². The van der Waals surface area contributed by atoms with E-state index < -0.39 is 11.3 Å². The molecule has 0 saturated heterocycles. The molecule has 0 saturated carbocycles. The van der Waals surface area contributed by atoms with Gasteiger partial charge in [0.2, 0.25) is 0 Å². The number of anilines is 2. The van der Waals surface area contributed by atoms with Gasteiger partial charge in [-0.1, -0.05) is 48.5 Å². The summed E-state index contributed by atoms with van der Waals surface area (Å²) in [7, 11) is 1.76. The van der Waals surface area contributed by atoms with Gasteiger partial charge in [-0.25, -0.2) is 9.20 Å². The first-order valence-corrected chi connectivity index (χ1v) is 11.1. The predicted octanol–water partition coefficient (Wildman–Crippen LogP) is 3.31. The lowest BCUT2D eigenvalue weighted by Crippen LogP contribution is -2.21. The van der Waals surface area contributed by atoms with Gasteiger partial charge in [0, 0.05) is 12.6 Å². The molecule has 0 unspecified atom stereocenters. The minimum Gasteiger partial charge on any atom is -0.332 e. The van der Waals surface area contributed by atoms with E-state index in [0.29, 0.717) is 16.9 Å². The lowest BCUT2D eigenvalue weighted by Gasteiger charge is -2.09. The molecule has 2 N–H and O–H groups in total. The quantitative estimate of drug-likeness (QED) is 0.372. The fourth-order valence-corrected chi connectivity index (χ4v) is 4.29. The van der Waals surface area contributed by atoms with Gasteiger partial charge in [0.1, 0.15) is 22.9 Å². The predicted molar refractivity (Wildman–Crippen MR) is 135 cm³/mol. The van der Waals surface area contributed by atoms with Crippen LogP contribution in [0.25, 0.3) is 22.6 Å². The van der Waals surface area contributed by atoms with Crippen LogP contribution >= 0.6 is 0 Å². The SMILES string of the molecule is CC(=O)c1c(-c2ccccc2)n2nc(Nc3c(C)n(C)n(-c4ccccc4)c3=O)c(C#N)c2[nH]c1=O. The van der Waals surface area contributed by atoms with Crippen molar-refractivity contribution >= 4 is 22.9 Å². The molecule has 0 fully saturated rings. The van der Waals surface area contributed by atoms with Crippen LogP contribution in [0, 0.1) is 18.3 Å². The summed E-state index contributed by atoms with van der Waals surface area (Å²) in [6.45, 7) is 3.08. The van der Waals surface area contributed by atoms with Gasteiger partial charge in [0.05, 0.1) is 17.1 Å². The van der Waals surface area contributed by atoms with Crippen LogP contribution in [0.3, 0.4) is 0 Å². The van der Waals surface area contributed by atoms with Crippen LogP contribution in [-0.2, 0) is 7.05 Å². The highest BCUT2D eigenvalue weighted by Gasteiger charge is 2.25. The third-order valence-electron chi connectivity index (χ3n) is 6.10. The number of carbonyl (C=O) groups is 1. The summed E-state index contributed by atoms with van der Waals surface area (Å²) >= 11 is 0. The second kappa shape index (κ2) is 8.56. The fourth-order valence-electron chi connectivity index (χ4n) is 4.29. The van der Waals surface area contributed by atoms with E-state index in [4.69, 9.17) is 0 Å². The first-order chi connectivity index (χ1) is 17.3. The van der Waals surface area contributed by atoms with Gasteiger partial charge >= 0.3 is 0 Å². The Morgan fingerprint density at radius 2 is 1.69 bits per heavy atom. The minimum atomic E-state index is -0.626.